The molecule has 5 nitrogen and oxygen atoms in total. The van der Waals surface area contributed by atoms with E-state index in [9.17, 15) is 14.7 Å². The van der Waals surface area contributed by atoms with Gasteiger partial charge >= 0.3 is 5.97 Å². The second-order valence-corrected chi connectivity index (χ2v) is 5.59. The van der Waals surface area contributed by atoms with Gasteiger partial charge in [-0.25, -0.2) is 4.79 Å². The molecule has 0 fully saturated rings. The Balaban J connectivity index is 2.50. The highest BCUT2D eigenvalue weighted by molar-refractivity contribution is 5.83. The Hall–Kier alpha value is -1.88. The molecule has 1 rings (SSSR count). The van der Waals surface area contributed by atoms with Crippen LogP contribution in [0.2, 0.25) is 0 Å². The zero-order chi connectivity index (χ0) is 15.8. The summed E-state index contributed by atoms with van der Waals surface area (Å²) in [5.41, 5.74) is 6.88. The summed E-state index contributed by atoms with van der Waals surface area (Å²) in [5, 5.41) is 11.8. The van der Waals surface area contributed by atoms with E-state index in [2.05, 4.69) is 5.32 Å². The molecule has 5 heteroatoms. The van der Waals surface area contributed by atoms with E-state index in [1.807, 2.05) is 44.2 Å². The monoisotopic (exact) mass is 292 g/mol. The summed E-state index contributed by atoms with van der Waals surface area (Å²) in [6.07, 6.45) is 1.11. The molecule has 4 N–H and O–H groups in total. The predicted molar refractivity (Wildman–Crippen MR) is 81.8 cm³/mol. The van der Waals surface area contributed by atoms with Gasteiger partial charge in [0.1, 0.15) is 6.04 Å². The van der Waals surface area contributed by atoms with Crippen molar-refractivity contribution in [1.29, 1.82) is 0 Å². The topological polar surface area (TPSA) is 92.4 Å². The van der Waals surface area contributed by atoms with Crippen molar-refractivity contribution in [2.24, 2.45) is 11.7 Å². The normalized spacial score (nSPS) is 13.7. The number of carbonyl (C=O) groups excluding carboxylic acids is 1. The maximum Gasteiger partial charge on any atom is 0.326 e. The maximum absolute atomic E-state index is 11.8. The van der Waals surface area contributed by atoms with Crippen molar-refractivity contribution in [2.75, 3.05) is 0 Å². The Morgan fingerprint density at radius 2 is 1.86 bits per heavy atom. The molecular weight excluding hydrogens is 268 g/mol. The second-order valence-electron chi connectivity index (χ2n) is 5.59. The van der Waals surface area contributed by atoms with Crippen molar-refractivity contribution in [3.63, 3.8) is 0 Å². The van der Waals surface area contributed by atoms with Crippen LogP contribution in [-0.2, 0) is 16.0 Å². The molecule has 1 amide bonds. The number of amides is 1. The van der Waals surface area contributed by atoms with Crippen LogP contribution in [-0.4, -0.2) is 29.1 Å². The first kappa shape index (κ1) is 17.2. The Morgan fingerprint density at radius 1 is 1.24 bits per heavy atom. The first-order valence-electron chi connectivity index (χ1n) is 7.21. The van der Waals surface area contributed by atoms with Crippen LogP contribution < -0.4 is 11.1 Å². The Morgan fingerprint density at radius 3 is 2.38 bits per heavy atom. The molecule has 0 radical (unpaired) electrons. The van der Waals surface area contributed by atoms with Gasteiger partial charge in [0.2, 0.25) is 5.91 Å². The van der Waals surface area contributed by atoms with Gasteiger partial charge in [-0.3, -0.25) is 4.79 Å². The Labute approximate surface area is 125 Å². The van der Waals surface area contributed by atoms with Crippen LogP contribution in [0.5, 0.6) is 0 Å². The van der Waals surface area contributed by atoms with E-state index in [-0.39, 0.29) is 24.3 Å². The fraction of sp³-hybridized carbons (Fsp3) is 0.500. The molecule has 0 aliphatic carbocycles. The van der Waals surface area contributed by atoms with Crippen LogP contribution in [0.1, 0.15) is 32.3 Å². The highest BCUT2D eigenvalue weighted by Gasteiger charge is 2.21. The maximum atomic E-state index is 11.8. The summed E-state index contributed by atoms with van der Waals surface area (Å²) in [7, 11) is 0. The number of carbonyl (C=O) groups is 2. The van der Waals surface area contributed by atoms with E-state index in [1.165, 1.54) is 0 Å². The zero-order valence-corrected chi connectivity index (χ0v) is 12.6. The summed E-state index contributed by atoms with van der Waals surface area (Å²) < 4.78 is 0. The highest BCUT2D eigenvalue weighted by atomic mass is 16.4. The molecule has 0 bridgehead atoms. The molecule has 0 saturated heterocycles. The van der Waals surface area contributed by atoms with Crippen molar-refractivity contribution in [1.82, 2.24) is 5.32 Å². The van der Waals surface area contributed by atoms with E-state index in [1.54, 1.807) is 0 Å². The second kappa shape index (κ2) is 8.42. The number of carboxylic acids is 1. The molecule has 1 unspecified atom stereocenters. The van der Waals surface area contributed by atoms with Crippen LogP contribution in [0.4, 0.5) is 0 Å². The molecule has 1 aromatic carbocycles. The molecule has 0 aliphatic heterocycles. The van der Waals surface area contributed by atoms with Gasteiger partial charge in [0.15, 0.2) is 0 Å². The van der Waals surface area contributed by atoms with Gasteiger partial charge in [-0.1, -0.05) is 44.2 Å². The quantitative estimate of drug-likeness (QED) is 0.678. The molecule has 0 heterocycles. The Kier molecular flexibility index (Phi) is 6.88. The number of aliphatic carboxylic acids is 1. The van der Waals surface area contributed by atoms with E-state index >= 15 is 0 Å². The smallest absolute Gasteiger partial charge is 0.326 e. The van der Waals surface area contributed by atoms with Gasteiger partial charge in [0.25, 0.3) is 0 Å². The van der Waals surface area contributed by atoms with E-state index in [4.69, 9.17) is 5.73 Å². The minimum absolute atomic E-state index is 0.146. The van der Waals surface area contributed by atoms with Gasteiger partial charge in [-0.15, -0.1) is 0 Å². The fourth-order valence-electron chi connectivity index (χ4n) is 1.92. The first-order valence-corrected chi connectivity index (χ1v) is 7.21. The predicted octanol–water partition coefficient (Wildman–Crippen LogP) is 1.56. The molecule has 2 atom stereocenters. The van der Waals surface area contributed by atoms with Crippen LogP contribution >= 0.6 is 0 Å². The van der Waals surface area contributed by atoms with Crippen LogP contribution in [0, 0.1) is 5.92 Å². The van der Waals surface area contributed by atoms with Gasteiger partial charge < -0.3 is 16.2 Å². The average Bonchev–Trinajstić information content (AvgIpc) is 2.44. The third kappa shape index (κ3) is 6.40. The van der Waals surface area contributed by atoms with Gasteiger partial charge in [0.05, 0.1) is 0 Å². The van der Waals surface area contributed by atoms with Gasteiger partial charge in [0, 0.05) is 12.5 Å². The number of hydrogen-bond donors (Lipinski definition) is 3. The minimum Gasteiger partial charge on any atom is -0.480 e. The molecule has 116 valence electrons. The lowest BCUT2D eigenvalue weighted by atomic mass is 10.0. The molecule has 21 heavy (non-hydrogen) atoms. The molecule has 1 aromatic rings. The number of rotatable bonds is 8. The molecular formula is C16H24N2O3. The number of hydrogen-bond acceptors (Lipinski definition) is 3. The third-order valence-corrected chi connectivity index (χ3v) is 3.48. The van der Waals surface area contributed by atoms with Crippen molar-refractivity contribution >= 4 is 11.9 Å². The largest absolute Gasteiger partial charge is 0.480 e. The lowest BCUT2D eigenvalue weighted by Crippen LogP contribution is -2.43. The standard InChI is InChI=1S/C16H24N2O3/c1-11(2)13(17)10-15(19)18-14(16(20)21)9-8-12-6-4-3-5-7-12/h3-7,11,13-14H,8-10,17H2,1-2H3,(H,18,19)(H,20,21)/t13?,14-/m0/s1. The summed E-state index contributed by atoms with van der Waals surface area (Å²) in [5.74, 6) is -1.14. The number of carboxylic acid groups (broad SMARTS) is 1. The SMILES string of the molecule is CC(C)C(N)CC(=O)N[C@@H](CCc1ccccc1)C(=O)O. The van der Waals surface area contributed by atoms with E-state index < -0.39 is 12.0 Å². The lowest BCUT2D eigenvalue weighted by molar-refractivity contribution is -0.142. The van der Waals surface area contributed by atoms with E-state index in [0.29, 0.717) is 12.8 Å². The van der Waals surface area contributed by atoms with Crippen molar-refractivity contribution in [3.05, 3.63) is 35.9 Å². The molecule has 0 aliphatic rings. The molecule has 0 aromatic heterocycles. The fourth-order valence-corrected chi connectivity index (χ4v) is 1.92. The van der Waals surface area contributed by atoms with Crippen molar-refractivity contribution < 1.29 is 14.7 Å². The highest BCUT2D eigenvalue weighted by Crippen LogP contribution is 2.07. The van der Waals surface area contributed by atoms with Crippen molar-refractivity contribution in [3.8, 4) is 0 Å². The van der Waals surface area contributed by atoms with Crippen LogP contribution in [0.25, 0.3) is 0 Å². The van der Waals surface area contributed by atoms with E-state index in [0.717, 1.165) is 5.56 Å². The summed E-state index contributed by atoms with van der Waals surface area (Å²) in [4.78, 5) is 23.1. The third-order valence-electron chi connectivity index (χ3n) is 3.48. The average molecular weight is 292 g/mol. The number of nitrogens with one attached hydrogen (secondary N) is 1. The number of benzene rings is 1. The Bertz CT molecular complexity index is 460. The number of aryl methyl sites for hydroxylation is 1. The molecule has 0 spiro atoms. The summed E-state index contributed by atoms with van der Waals surface area (Å²) >= 11 is 0. The summed E-state index contributed by atoms with van der Waals surface area (Å²) in [6.45, 7) is 3.87. The van der Waals surface area contributed by atoms with Crippen LogP contribution in [0.15, 0.2) is 30.3 Å². The van der Waals surface area contributed by atoms with Gasteiger partial charge in [-0.05, 0) is 24.3 Å². The van der Waals surface area contributed by atoms with Crippen molar-refractivity contribution in [2.45, 2.75) is 45.2 Å². The molecule has 0 saturated carbocycles. The minimum atomic E-state index is -1.02. The first-order chi connectivity index (χ1) is 9.90. The van der Waals surface area contributed by atoms with Gasteiger partial charge in [-0.2, -0.15) is 0 Å². The van der Waals surface area contributed by atoms with Crippen LogP contribution in [0.3, 0.4) is 0 Å². The lowest BCUT2D eigenvalue weighted by Gasteiger charge is -2.18. The summed E-state index contributed by atoms with van der Waals surface area (Å²) in [6, 6.07) is 8.47. The number of nitrogens with two attached hydrogens (primary N) is 1. The zero-order valence-electron chi connectivity index (χ0n) is 12.6.